The number of halogens is 1. The van der Waals surface area contributed by atoms with Gasteiger partial charge in [0, 0.05) is 31.3 Å². The highest BCUT2D eigenvalue weighted by atomic mass is 19.1. The summed E-state index contributed by atoms with van der Waals surface area (Å²) in [5, 5.41) is 5.12. The third-order valence-electron chi connectivity index (χ3n) is 3.96. The lowest BCUT2D eigenvalue weighted by molar-refractivity contribution is -0.114. The lowest BCUT2D eigenvalue weighted by Crippen LogP contribution is -2.23. The minimum Gasteiger partial charge on any atom is -0.477 e. The number of carbonyl (C=O) groups is 2. The predicted molar refractivity (Wildman–Crippen MR) is 94.3 cm³/mol. The van der Waals surface area contributed by atoms with Crippen molar-refractivity contribution < 1.29 is 18.7 Å². The largest absolute Gasteiger partial charge is 0.477 e. The van der Waals surface area contributed by atoms with Crippen LogP contribution >= 0.6 is 0 Å². The van der Waals surface area contributed by atoms with Gasteiger partial charge in [-0.2, -0.15) is 0 Å². The highest BCUT2D eigenvalue weighted by Gasteiger charge is 2.22. The lowest BCUT2D eigenvalue weighted by atomic mass is 10.1. The molecular formula is C19H20FN3O3. The zero-order chi connectivity index (χ0) is 18.5. The van der Waals surface area contributed by atoms with Gasteiger partial charge in [-0.1, -0.05) is 0 Å². The van der Waals surface area contributed by atoms with E-state index < -0.39 is 11.7 Å². The molecule has 0 aliphatic heterocycles. The van der Waals surface area contributed by atoms with Gasteiger partial charge in [0.1, 0.15) is 5.82 Å². The van der Waals surface area contributed by atoms with Gasteiger partial charge in [0.05, 0.1) is 12.3 Å². The Hall–Kier alpha value is -2.96. The number of carbonyl (C=O) groups excluding carboxylic acids is 2. The predicted octanol–water partition coefficient (Wildman–Crippen LogP) is 2.90. The molecule has 6 nitrogen and oxygen atoms in total. The Kier molecular flexibility index (Phi) is 5.46. The molecule has 1 fully saturated rings. The Morgan fingerprint density at radius 1 is 1.27 bits per heavy atom. The number of ether oxygens (including phenoxy) is 1. The molecule has 0 atom stereocenters. The fourth-order valence-electron chi connectivity index (χ4n) is 2.36. The van der Waals surface area contributed by atoms with Crippen LogP contribution in [0.15, 0.2) is 36.5 Å². The molecule has 1 saturated carbocycles. The number of amides is 2. The molecule has 1 aliphatic carbocycles. The van der Waals surface area contributed by atoms with Crippen molar-refractivity contribution in [2.24, 2.45) is 5.92 Å². The molecule has 1 aromatic heterocycles. The first-order chi connectivity index (χ1) is 12.5. The molecular weight excluding hydrogens is 337 g/mol. The second kappa shape index (κ2) is 7.95. The normalized spacial score (nSPS) is 13.2. The molecule has 2 amide bonds. The summed E-state index contributed by atoms with van der Waals surface area (Å²) in [7, 11) is 0. The standard InChI is InChI=1S/C19H20FN3O3/c1-12(24)23-17-9-15(4-5-16(17)20)19(25)22-10-14-6-7-21-18(8-14)26-11-13-2-3-13/h4-9,13H,2-3,10-11H2,1H3,(H,22,25)(H,23,24). The van der Waals surface area contributed by atoms with E-state index in [0.717, 1.165) is 11.6 Å². The molecule has 136 valence electrons. The first-order valence-electron chi connectivity index (χ1n) is 8.44. The first-order valence-corrected chi connectivity index (χ1v) is 8.44. The smallest absolute Gasteiger partial charge is 0.251 e. The van der Waals surface area contributed by atoms with Crippen molar-refractivity contribution in [2.45, 2.75) is 26.3 Å². The SMILES string of the molecule is CC(=O)Nc1cc(C(=O)NCc2ccnc(OCC3CC3)c2)ccc1F. The van der Waals surface area contributed by atoms with E-state index in [9.17, 15) is 14.0 Å². The van der Waals surface area contributed by atoms with Crippen molar-refractivity contribution >= 4 is 17.5 Å². The number of nitrogens with one attached hydrogen (secondary N) is 2. The van der Waals surface area contributed by atoms with E-state index in [0.29, 0.717) is 18.4 Å². The molecule has 3 rings (SSSR count). The average molecular weight is 357 g/mol. The summed E-state index contributed by atoms with van der Waals surface area (Å²) in [5.41, 5.74) is 1.09. The maximum atomic E-state index is 13.7. The summed E-state index contributed by atoms with van der Waals surface area (Å²) < 4.78 is 19.3. The third kappa shape index (κ3) is 5.02. The Morgan fingerprint density at radius 2 is 2.08 bits per heavy atom. The maximum Gasteiger partial charge on any atom is 0.251 e. The second-order valence-corrected chi connectivity index (χ2v) is 6.32. The van der Waals surface area contributed by atoms with Crippen molar-refractivity contribution in [3.8, 4) is 5.88 Å². The molecule has 2 N–H and O–H groups in total. The van der Waals surface area contributed by atoms with Gasteiger partial charge in [-0.05, 0) is 48.6 Å². The van der Waals surface area contributed by atoms with Gasteiger partial charge in [0.15, 0.2) is 0 Å². The van der Waals surface area contributed by atoms with Gasteiger partial charge in [-0.15, -0.1) is 0 Å². The van der Waals surface area contributed by atoms with E-state index in [4.69, 9.17) is 4.74 Å². The van der Waals surface area contributed by atoms with Crippen LogP contribution in [0.2, 0.25) is 0 Å². The first kappa shape index (κ1) is 17.8. The van der Waals surface area contributed by atoms with Crippen LogP contribution in [0.5, 0.6) is 5.88 Å². The quantitative estimate of drug-likeness (QED) is 0.798. The fraction of sp³-hybridized carbons (Fsp3) is 0.316. The zero-order valence-corrected chi connectivity index (χ0v) is 14.4. The van der Waals surface area contributed by atoms with Crippen molar-refractivity contribution in [2.75, 3.05) is 11.9 Å². The Morgan fingerprint density at radius 3 is 2.81 bits per heavy atom. The van der Waals surface area contributed by atoms with E-state index in [1.807, 2.05) is 0 Å². The Bertz CT molecular complexity index is 821. The molecule has 26 heavy (non-hydrogen) atoms. The van der Waals surface area contributed by atoms with E-state index in [-0.39, 0.29) is 23.7 Å². The van der Waals surface area contributed by atoms with Crippen LogP contribution in [-0.4, -0.2) is 23.4 Å². The van der Waals surface area contributed by atoms with Crippen LogP contribution in [0, 0.1) is 11.7 Å². The van der Waals surface area contributed by atoms with Crippen LogP contribution < -0.4 is 15.4 Å². The number of hydrogen-bond donors (Lipinski definition) is 2. The molecule has 0 bridgehead atoms. The zero-order valence-electron chi connectivity index (χ0n) is 14.4. The molecule has 7 heteroatoms. The van der Waals surface area contributed by atoms with E-state index in [1.54, 1.807) is 18.3 Å². The van der Waals surface area contributed by atoms with Gasteiger partial charge in [0.25, 0.3) is 5.91 Å². The van der Waals surface area contributed by atoms with Crippen LogP contribution in [0.4, 0.5) is 10.1 Å². The van der Waals surface area contributed by atoms with Crippen molar-refractivity contribution in [3.05, 3.63) is 53.5 Å². The number of rotatable bonds is 7. The third-order valence-corrected chi connectivity index (χ3v) is 3.96. The minimum absolute atomic E-state index is 0.0233. The molecule has 0 unspecified atom stereocenters. The summed E-state index contributed by atoms with van der Waals surface area (Å²) in [4.78, 5) is 27.5. The van der Waals surface area contributed by atoms with E-state index in [1.165, 1.54) is 31.9 Å². The van der Waals surface area contributed by atoms with Crippen molar-refractivity contribution in [1.82, 2.24) is 10.3 Å². The average Bonchev–Trinajstić information content (AvgIpc) is 3.44. The highest BCUT2D eigenvalue weighted by Crippen LogP contribution is 2.29. The van der Waals surface area contributed by atoms with Gasteiger partial charge in [0.2, 0.25) is 11.8 Å². The number of hydrogen-bond acceptors (Lipinski definition) is 4. The topological polar surface area (TPSA) is 80.3 Å². The van der Waals surface area contributed by atoms with Crippen molar-refractivity contribution in [1.29, 1.82) is 0 Å². The molecule has 1 aliphatic rings. The summed E-state index contributed by atoms with van der Waals surface area (Å²) >= 11 is 0. The number of nitrogens with zero attached hydrogens (tertiary/aromatic N) is 1. The summed E-state index contributed by atoms with van der Waals surface area (Å²) in [6.45, 7) is 2.23. The number of anilines is 1. The number of pyridine rings is 1. The maximum absolute atomic E-state index is 13.7. The number of aromatic nitrogens is 1. The monoisotopic (exact) mass is 357 g/mol. The molecule has 0 spiro atoms. The second-order valence-electron chi connectivity index (χ2n) is 6.32. The van der Waals surface area contributed by atoms with Crippen LogP contribution in [0.1, 0.15) is 35.7 Å². The van der Waals surface area contributed by atoms with Gasteiger partial charge in [-0.25, -0.2) is 9.37 Å². The molecule has 1 heterocycles. The Balaban J connectivity index is 1.59. The van der Waals surface area contributed by atoms with E-state index >= 15 is 0 Å². The molecule has 0 saturated heterocycles. The summed E-state index contributed by atoms with van der Waals surface area (Å²) in [6, 6.07) is 7.40. The molecule has 0 radical (unpaired) electrons. The van der Waals surface area contributed by atoms with E-state index in [2.05, 4.69) is 15.6 Å². The fourth-order valence-corrected chi connectivity index (χ4v) is 2.36. The van der Waals surface area contributed by atoms with Crippen LogP contribution in [0.3, 0.4) is 0 Å². The molecule has 1 aromatic carbocycles. The van der Waals surface area contributed by atoms with Crippen LogP contribution in [0.25, 0.3) is 0 Å². The minimum atomic E-state index is -0.594. The number of benzene rings is 1. The Labute approximate surface area is 150 Å². The highest BCUT2D eigenvalue weighted by molar-refractivity contribution is 5.96. The lowest BCUT2D eigenvalue weighted by Gasteiger charge is -2.09. The summed E-state index contributed by atoms with van der Waals surface area (Å²) in [5.74, 6) is -0.191. The summed E-state index contributed by atoms with van der Waals surface area (Å²) in [6.07, 6.45) is 4.04. The van der Waals surface area contributed by atoms with Gasteiger partial charge >= 0.3 is 0 Å². The molecule has 2 aromatic rings. The van der Waals surface area contributed by atoms with Gasteiger partial charge < -0.3 is 15.4 Å². The van der Waals surface area contributed by atoms with Gasteiger partial charge in [-0.3, -0.25) is 9.59 Å². The van der Waals surface area contributed by atoms with Crippen molar-refractivity contribution in [3.63, 3.8) is 0 Å². The van der Waals surface area contributed by atoms with Crippen LogP contribution in [-0.2, 0) is 11.3 Å².